The standard InChI is InChI=1S/C58H115N2O6P/c1-6-8-10-12-14-16-18-20-22-24-26-28-30-31-33-35-37-39-41-43-45-47-49-51-57(61)56(55-66-67(63,64)65-54-53-60(3,4)5)59-58(62)52-50-48-46-44-42-40-38-36-34-32-29-27-25-23-21-19-17-15-13-11-9-7-2/h32,34,49,51,56-57,61H,6-31,33,35-48,50,52-55H2,1-5H3,(H-,59,62,63,64)/b34-32-,51-49+. The Morgan fingerprint density at radius 2 is 0.821 bits per heavy atom. The number of quaternary nitrogens is 1. The summed E-state index contributed by atoms with van der Waals surface area (Å²) in [5.74, 6) is -0.197. The lowest BCUT2D eigenvalue weighted by molar-refractivity contribution is -0.870. The fraction of sp³-hybridized carbons (Fsp3) is 0.914. The molecule has 8 nitrogen and oxygen atoms in total. The molecule has 0 aromatic heterocycles. The Balaban J connectivity index is 4.21. The number of nitrogens with zero attached hydrogens (tertiary/aromatic N) is 1. The maximum Gasteiger partial charge on any atom is 0.268 e. The van der Waals surface area contributed by atoms with Gasteiger partial charge < -0.3 is 28.8 Å². The van der Waals surface area contributed by atoms with Crippen molar-refractivity contribution in [3.63, 3.8) is 0 Å². The van der Waals surface area contributed by atoms with E-state index in [0.29, 0.717) is 17.4 Å². The Kier molecular flexibility index (Phi) is 49.2. The first-order valence-corrected chi connectivity index (χ1v) is 30.7. The molecule has 0 spiro atoms. The summed E-state index contributed by atoms with van der Waals surface area (Å²) in [5.41, 5.74) is 0. The summed E-state index contributed by atoms with van der Waals surface area (Å²) in [4.78, 5) is 25.5. The van der Waals surface area contributed by atoms with Gasteiger partial charge in [0.1, 0.15) is 13.2 Å². The van der Waals surface area contributed by atoms with E-state index in [4.69, 9.17) is 9.05 Å². The van der Waals surface area contributed by atoms with Gasteiger partial charge in [0.2, 0.25) is 5.91 Å². The van der Waals surface area contributed by atoms with Crippen molar-refractivity contribution >= 4 is 13.7 Å². The van der Waals surface area contributed by atoms with Gasteiger partial charge in [-0.3, -0.25) is 9.36 Å². The number of rotatable bonds is 54. The van der Waals surface area contributed by atoms with Crippen molar-refractivity contribution in [3.8, 4) is 0 Å². The zero-order valence-electron chi connectivity index (χ0n) is 45.4. The van der Waals surface area contributed by atoms with Crippen molar-refractivity contribution in [3.05, 3.63) is 24.3 Å². The Morgan fingerprint density at radius 1 is 0.507 bits per heavy atom. The van der Waals surface area contributed by atoms with E-state index in [1.807, 2.05) is 27.2 Å². The first-order valence-electron chi connectivity index (χ1n) is 29.2. The molecular weight excluding hydrogens is 852 g/mol. The Morgan fingerprint density at radius 3 is 1.16 bits per heavy atom. The molecule has 67 heavy (non-hydrogen) atoms. The number of allylic oxidation sites excluding steroid dienone is 3. The molecule has 3 unspecified atom stereocenters. The van der Waals surface area contributed by atoms with Crippen LogP contribution < -0.4 is 10.2 Å². The highest BCUT2D eigenvalue weighted by molar-refractivity contribution is 7.45. The second-order valence-electron chi connectivity index (χ2n) is 21.4. The van der Waals surface area contributed by atoms with Gasteiger partial charge >= 0.3 is 0 Å². The predicted octanol–water partition coefficient (Wildman–Crippen LogP) is 17.0. The number of aliphatic hydroxyl groups is 1. The lowest BCUT2D eigenvalue weighted by Crippen LogP contribution is -2.45. The molecule has 0 aliphatic rings. The number of amides is 1. The summed E-state index contributed by atoms with van der Waals surface area (Å²) in [7, 11) is 1.27. The van der Waals surface area contributed by atoms with Crippen LogP contribution in [0.5, 0.6) is 0 Å². The highest BCUT2D eigenvalue weighted by Crippen LogP contribution is 2.38. The summed E-state index contributed by atoms with van der Waals surface area (Å²) in [5, 5.41) is 13.9. The van der Waals surface area contributed by atoms with Crippen molar-refractivity contribution in [2.75, 3.05) is 40.9 Å². The minimum atomic E-state index is -4.60. The number of nitrogens with one attached hydrogen (secondary N) is 1. The Labute approximate surface area is 417 Å². The van der Waals surface area contributed by atoms with Crippen molar-refractivity contribution in [1.29, 1.82) is 0 Å². The van der Waals surface area contributed by atoms with E-state index in [2.05, 4.69) is 31.3 Å². The second-order valence-corrected chi connectivity index (χ2v) is 22.8. The van der Waals surface area contributed by atoms with Crippen LogP contribution in [0.3, 0.4) is 0 Å². The van der Waals surface area contributed by atoms with E-state index >= 15 is 0 Å². The van der Waals surface area contributed by atoms with E-state index in [9.17, 15) is 19.4 Å². The molecule has 0 saturated heterocycles. The summed E-state index contributed by atoms with van der Waals surface area (Å²) >= 11 is 0. The van der Waals surface area contributed by atoms with Gasteiger partial charge in [-0.25, -0.2) is 0 Å². The van der Waals surface area contributed by atoms with Crippen molar-refractivity contribution in [2.24, 2.45) is 0 Å². The van der Waals surface area contributed by atoms with Crippen LogP contribution in [0.15, 0.2) is 24.3 Å². The average molecular weight is 968 g/mol. The number of likely N-dealkylation sites (N-methyl/N-ethyl adjacent to an activating group) is 1. The SMILES string of the molecule is CCCCCCCCCCCCC/C=C\CCCCCCCCCC(=O)NC(COP(=O)([O-])OCC[N+](C)(C)C)C(O)/C=C/CCCCCCCCCCCCCCCCCCCCCCC. The van der Waals surface area contributed by atoms with Gasteiger partial charge in [0.25, 0.3) is 7.82 Å². The number of phosphoric acid groups is 1. The zero-order chi connectivity index (χ0) is 49.2. The monoisotopic (exact) mass is 967 g/mol. The minimum absolute atomic E-state index is 0.000175. The molecule has 0 aromatic carbocycles. The third-order valence-electron chi connectivity index (χ3n) is 13.4. The van der Waals surface area contributed by atoms with Gasteiger partial charge in [-0.1, -0.05) is 263 Å². The van der Waals surface area contributed by atoms with Crippen molar-refractivity contribution < 1.29 is 32.9 Å². The molecule has 0 bridgehead atoms. The molecule has 0 rings (SSSR count). The Hall–Kier alpha value is -1.02. The normalized spacial score (nSPS) is 14.1. The average Bonchev–Trinajstić information content (AvgIpc) is 3.29. The van der Waals surface area contributed by atoms with E-state index in [-0.39, 0.29) is 19.1 Å². The van der Waals surface area contributed by atoms with E-state index in [1.165, 1.54) is 231 Å². The molecule has 398 valence electrons. The third-order valence-corrected chi connectivity index (χ3v) is 14.4. The molecule has 3 atom stereocenters. The zero-order valence-corrected chi connectivity index (χ0v) is 46.3. The molecule has 2 N–H and O–H groups in total. The largest absolute Gasteiger partial charge is 0.756 e. The quantitative estimate of drug-likeness (QED) is 0.0272. The van der Waals surface area contributed by atoms with E-state index in [1.54, 1.807) is 6.08 Å². The van der Waals surface area contributed by atoms with Crippen LogP contribution in [0.4, 0.5) is 0 Å². The molecule has 0 aliphatic heterocycles. The maximum atomic E-state index is 13.0. The highest BCUT2D eigenvalue weighted by Gasteiger charge is 2.23. The molecule has 0 radical (unpaired) electrons. The molecular formula is C58H115N2O6P. The topological polar surface area (TPSA) is 108 Å². The molecule has 0 fully saturated rings. The first-order chi connectivity index (χ1) is 32.5. The Bertz CT molecular complexity index is 1140. The highest BCUT2D eigenvalue weighted by atomic mass is 31.2. The van der Waals surface area contributed by atoms with Crippen LogP contribution in [0.1, 0.15) is 290 Å². The molecule has 0 aliphatic carbocycles. The predicted molar refractivity (Wildman–Crippen MR) is 289 cm³/mol. The number of aliphatic hydroxyl groups excluding tert-OH is 1. The summed E-state index contributed by atoms with van der Waals surface area (Å²) < 4.78 is 23.4. The molecule has 1 amide bonds. The molecule has 0 heterocycles. The van der Waals surface area contributed by atoms with Crippen molar-refractivity contribution in [1.82, 2.24) is 5.32 Å². The van der Waals surface area contributed by atoms with Crippen LogP contribution in [0.25, 0.3) is 0 Å². The first kappa shape index (κ1) is 66.0. The van der Waals surface area contributed by atoms with Gasteiger partial charge in [-0.2, -0.15) is 0 Å². The lowest BCUT2D eigenvalue weighted by Gasteiger charge is -2.29. The second kappa shape index (κ2) is 49.9. The van der Waals surface area contributed by atoms with Gasteiger partial charge in [-0.15, -0.1) is 0 Å². The van der Waals surface area contributed by atoms with Crippen LogP contribution in [0, 0.1) is 0 Å². The van der Waals surface area contributed by atoms with E-state index in [0.717, 1.165) is 38.5 Å². The van der Waals surface area contributed by atoms with Gasteiger partial charge in [-0.05, 0) is 44.9 Å². The smallest absolute Gasteiger partial charge is 0.268 e. The van der Waals surface area contributed by atoms with Crippen molar-refractivity contribution in [2.45, 2.75) is 302 Å². The fourth-order valence-corrected chi connectivity index (χ4v) is 9.52. The number of hydrogen-bond donors (Lipinski definition) is 2. The molecule has 0 saturated carbocycles. The summed E-state index contributed by atoms with van der Waals surface area (Å²) in [6, 6.07) is -0.887. The van der Waals surface area contributed by atoms with E-state index < -0.39 is 20.0 Å². The van der Waals surface area contributed by atoms with Crippen LogP contribution >= 0.6 is 7.82 Å². The molecule has 0 aromatic rings. The summed E-state index contributed by atoms with van der Waals surface area (Å²) in [6.07, 6.45) is 62.5. The lowest BCUT2D eigenvalue weighted by atomic mass is 10.0. The fourth-order valence-electron chi connectivity index (χ4n) is 8.80. The van der Waals surface area contributed by atoms with Gasteiger partial charge in [0.05, 0.1) is 39.9 Å². The van der Waals surface area contributed by atoms with Gasteiger partial charge in [0, 0.05) is 6.42 Å². The summed E-state index contributed by atoms with van der Waals surface area (Å²) in [6.45, 7) is 4.69. The third kappa shape index (κ3) is 52.6. The number of carbonyl (C=O) groups excluding carboxylic acids is 1. The van der Waals surface area contributed by atoms with Gasteiger partial charge in [0.15, 0.2) is 0 Å². The number of phosphoric ester groups is 1. The number of carbonyl (C=O) groups is 1. The van der Waals surface area contributed by atoms with Crippen LogP contribution in [-0.4, -0.2) is 68.5 Å². The van der Waals surface area contributed by atoms with Crippen LogP contribution in [-0.2, 0) is 18.4 Å². The maximum absolute atomic E-state index is 13.0. The minimum Gasteiger partial charge on any atom is -0.756 e. The molecule has 9 heteroatoms. The number of unbranched alkanes of at least 4 members (excludes halogenated alkanes) is 39. The van der Waals surface area contributed by atoms with Crippen LogP contribution in [0.2, 0.25) is 0 Å². The number of hydrogen-bond acceptors (Lipinski definition) is 6.